The lowest BCUT2D eigenvalue weighted by Gasteiger charge is -2.22. The summed E-state index contributed by atoms with van der Waals surface area (Å²) in [5.41, 5.74) is 1.31. The van der Waals surface area contributed by atoms with E-state index in [0.717, 1.165) is 12.1 Å². The summed E-state index contributed by atoms with van der Waals surface area (Å²) < 4.78 is 0. The molecule has 4 amide bonds. The van der Waals surface area contributed by atoms with Crippen LogP contribution in [0.3, 0.4) is 0 Å². The Morgan fingerprint density at radius 2 is 1.84 bits per heavy atom. The molecular formula is C18H24N4O3. The molecule has 0 spiro atoms. The lowest BCUT2D eigenvalue weighted by molar-refractivity contribution is -0.130. The van der Waals surface area contributed by atoms with Gasteiger partial charge in [0.25, 0.3) is 5.91 Å². The van der Waals surface area contributed by atoms with E-state index in [9.17, 15) is 14.4 Å². The molecule has 0 aliphatic carbocycles. The van der Waals surface area contributed by atoms with Crippen LogP contribution in [0.25, 0.3) is 0 Å². The molecule has 1 N–H and O–H groups in total. The first-order valence-electron chi connectivity index (χ1n) is 8.82. The Kier molecular flexibility index (Phi) is 5.21. The highest BCUT2D eigenvalue weighted by atomic mass is 16.2. The molecule has 2 fully saturated rings. The summed E-state index contributed by atoms with van der Waals surface area (Å²) >= 11 is 0. The molecule has 2 aliphatic heterocycles. The van der Waals surface area contributed by atoms with Gasteiger partial charge in [0.05, 0.1) is 0 Å². The van der Waals surface area contributed by atoms with Crippen molar-refractivity contribution in [3.63, 3.8) is 0 Å². The molecule has 2 aliphatic rings. The predicted octanol–water partition coefficient (Wildman–Crippen LogP) is 1.30. The summed E-state index contributed by atoms with van der Waals surface area (Å²) in [6, 6.07) is 7.06. The topological polar surface area (TPSA) is 73.0 Å². The van der Waals surface area contributed by atoms with E-state index in [0.29, 0.717) is 51.3 Å². The third-order valence-electron chi connectivity index (χ3n) is 4.70. The summed E-state index contributed by atoms with van der Waals surface area (Å²) in [6.45, 7) is 5.53. The number of anilines is 1. The van der Waals surface area contributed by atoms with E-state index >= 15 is 0 Å². The molecule has 7 heteroatoms. The predicted molar refractivity (Wildman–Crippen MR) is 94.6 cm³/mol. The van der Waals surface area contributed by atoms with Crippen LogP contribution < -0.4 is 10.2 Å². The summed E-state index contributed by atoms with van der Waals surface area (Å²) in [5.74, 6) is 0.0867. The zero-order chi connectivity index (χ0) is 17.8. The minimum atomic E-state index is -0.131. The van der Waals surface area contributed by atoms with Crippen LogP contribution in [-0.4, -0.2) is 66.9 Å². The Balaban J connectivity index is 1.70. The van der Waals surface area contributed by atoms with Crippen molar-refractivity contribution in [2.75, 3.05) is 44.2 Å². The van der Waals surface area contributed by atoms with Crippen molar-refractivity contribution >= 4 is 23.5 Å². The highest BCUT2D eigenvalue weighted by molar-refractivity contribution is 5.98. The Labute approximate surface area is 147 Å². The van der Waals surface area contributed by atoms with Gasteiger partial charge in [0, 0.05) is 56.9 Å². The van der Waals surface area contributed by atoms with Crippen LogP contribution in [0.2, 0.25) is 0 Å². The van der Waals surface area contributed by atoms with Crippen LogP contribution in [0, 0.1) is 0 Å². The van der Waals surface area contributed by atoms with Crippen molar-refractivity contribution in [1.29, 1.82) is 0 Å². The molecule has 134 valence electrons. The smallest absolute Gasteiger partial charge is 0.321 e. The number of amides is 4. The SMILES string of the molecule is CCC(=O)N1CCCN(C(=O)c2cccc(N3CCNC3=O)c2)CC1. The number of urea groups is 1. The van der Waals surface area contributed by atoms with Gasteiger partial charge in [-0.15, -0.1) is 0 Å². The van der Waals surface area contributed by atoms with Crippen LogP contribution in [-0.2, 0) is 4.79 Å². The molecule has 0 saturated carbocycles. The van der Waals surface area contributed by atoms with Crippen molar-refractivity contribution in [3.05, 3.63) is 29.8 Å². The third-order valence-corrected chi connectivity index (χ3v) is 4.70. The third kappa shape index (κ3) is 3.75. The van der Waals surface area contributed by atoms with Crippen LogP contribution in [0.5, 0.6) is 0 Å². The molecule has 1 aromatic rings. The molecule has 1 aromatic carbocycles. The Morgan fingerprint density at radius 1 is 1.08 bits per heavy atom. The second-order valence-corrected chi connectivity index (χ2v) is 6.31. The lowest BCUT2D eigenvalue weighted by atomic mass is 10.1. The summed E-state index contributed by atoms with van der Waals surface area (Å²) in [6.07, 6.45) is 1.28. The fourth-order valence-electron chi connectivity index (χ4n) is 3.30. The largest absolute Gasteiger partial charge is 0.341 e. The van der Waals surface area contributed by atoms with E-state index in [1.54, 1.807) is 28.0 Å². The maximum Gasteiger partial charge on any atom is 0.321 e. The van der Waals surface area contributed by atoms with Crippen LogP contribution >= 0.6 is 0 Å². The van der Waals surface area contributed by atoms with E-state index in [1.807, 2.05) is 17.9 Å². The van der Waals surface area contributed by atoms with E-state index in [1.165, 1.54) is 0 Å². The molecule has 3 rings (SSSR count). The van der Waals surface area contributed by atoms with Crippen molar-refractivity contribution in [2.45, 2.75) is 19.8 Å². The van der Waals surface area contributed by atoms with Gasteiger partial charge in [-0.25, -0.2) is 4.79 Å². The highest BCUT2D eigenvalue weighted by Crippen LogP contribution is 2.20. The van der Waals surface area contributed by atoms with Gasteiger partial charge in [0.2, 0.25) is 5.91 Å². The number of nitrogens with zero attached hydrogens (tertiary/aromatic N) is 3. The van der Waals surface area contributed by atoms with Crippen LogP contribution in [0.4, 0.5) is 10.5 Å². The average Bonchev–Trinajstić information content (AvgIpc) is 2.92. The molecule has 7 nitrogen and oxygen atoms in total. The van der Waals surface area contributed by atoms with Gasteiger partial charge >= 0.3 is 6.03 Å². The van der Waals surface area contributed by atoms with E-state index in [2.05, 4.69) is 5.32 Å². The van der Waals surface area contributed by atoms with Gasteiger partial charge in [-0.2, -0.15) is 0 Å². The second kappa shape index (κ2) is 7.55. The monoisotopic (exact) mass is 344 g/mol. The quantitative estimate of drug-likeness (QED) is 0.898. The number of carbonyl (C=O) groups is 3. The Morgan fingerprint density at radius 3 is 2.56 bits per heavy atom. The van der Waals surface area contributed by atoms with Crippen molar-refractivity contribution in [2.24, 2.45) is 0 Å². The number of hydrogen-bond donors (Lipinski definition) is 1. The van der Waals surface area contributed by atoms with Gasteiger partial charge in [-0.1, -0.05) is 13.0 Å². The number of rotatable bonds is 3. The van der Waals surface area contributed by atoms with Crippen molar-refractivity contribution < 1.29 is 14.4 Å². The fraction of sp³-hybridized carbons (Fsp3) is 0.500. The highest BCUT2D eigenvalue weighted by Gasteiger charge is 2.24. The van der Waals surface area contributed by atoms with Crippen LogP contribution in [0.1, 0.15) is 30.1 Å². The normalized spacial score (nSPS) is 18.1. The minimum absolute atomic E-state index is 0.0488. The maximum atomic E-state index is 12.9. The van der Waals surface area contributed by atoms with Gasteiger partial charge in [0.15, 0.2) is 0 Å². The van der Waals surface area contributed by atoms with Gasteiger partial charge in [0.1, 0.15) is 0 Å². The molecule has 0 unspecified atom stereocenters. The maximum absolute atomic E-state index is 12.9. The Bertz CT molecular complexity index is 676. The molecular weight excluding hydrogens is 320 g/mol. The van der Waals surface area contributed by atoms with Crippen LogP contribution in [0.15, 0.2) is 24.3 Å². The van der Waals surface area contributed by atoms with E-state index < -0.39 is 0 Å². The first-order chi connectivity index (χ1) is 12.1. The molecule has 0 radical (unpaired) electrons. The average molecular weight is 344 g/mol. The standard InChI is InChI=1S/C18H24N4O3/c1-2-16(23)20-8-4-9-21(12-11-20)17(24)14-5-3-6-15(13-14)22-10-7-19-18(22)25/h3,5-6,13H,2,4,7-12H2,1H3,(H,19,25). The number of benzene rings is 1. The molecule has 0 bridgehead atoms. The lowest BCUT2D eigenvalue weighted by Crippen LogP contribution is -2.37. The first kappa shape index (κ1) is 17.3. The molecule has 0 atom stereocenters. The first-order valence-corrected chi connectivity index (χ1v) is 8.82. The van der Waals surface area contributed by atoms with Gasteiger partial charge in [-0.3, -0.25) is 14.5 Å². The Hall–Kier alpha value is -2.57. The number of hydrogen-bond acceptors (Lipinski definition) is 3. The second-order valence-electron chi connectivity index (χ2n) is 6.31. The number of nitrogens with one attached hydrogen (secondary N) is 1. The summed E-state index contributed by atoms with van der Waals surface area (Å²) in [7, 11) is 0. The van der Waals surface area contributed by atoms with Gasteiger partial charge in [-0.05, 0) is 24.6 Å². The summed E-state index contributed by atoms with van der Waals surface area (Å²) in [5, 5.41) is 2.76. The minimum Gasteiger partial charge on any atom is -0.341 e. The van der Waals surface area contributed by atoms with Crippen molar-refractivity contribution in [3.8, 4) is 0 Å². The summed E-state index contributed by atoms with van der Waals surface area (Å²) in [4.78, 5) is 41.8. The molecule has 2 saturated heterocycles. The van der Waals surface area contributed by atoms with Crippen molar-refractivity contribution in [1.82, 2.24) is 15.1 Å². The molecule has 0 aromatic heterocycles. The fourth-order valence-corrected chi connectivity index (χ4v) is 3.30. The zero-order valence-electron chi connectivity index (χ0n) is 14.5. The zero-order valence-corrected chi connectivity index (χ0v) is 14.5. The van der Waals surface area contributed by atoms with E-state index in [4.69, 9.17) is 0 Å². The van der Waals surface area contributed by atoms with Gasteiger partial charge < -0.3 is 15.1 Å². The van der Waals surface area contributed by atoms with E-state index in [-0.39, 0.29) is 17.8 Å². The molecule has 2 heterocycles. The molecule has 25 heavy (non-hydrogen) atoms. The number of carbonyl (C=O) groups excluding carboxylic acids is 3.